The molecule has 1 aliphatic heterocycles. The van der Waals surface area contributed by atoms with Crippen LogP contribution in [-0.4, -0.2) is 28.0 Å². The average Bonchev–Trinajstić information content (AvgIpc) is 3.05. The van der Waals surface area contributed by atoms with Gasteiger partial charge in [-0.1, -0.05) is 0 Å². The molecule has 0 bridgehead atoms. The maximum absolute atomic E-state index is 12.1. The standard InChI is InChI=1S/C16H13N3O4/c1-23-12-6-4-11(5-7-12)19-15(21)13(14(20)18-16(19)22)9-10-3-2-8-17-10/h2-9,21H,1H3,(H,18,20,22)/b10-9-. The monoisotopic (exact) mass is 311 g/mol. The molecular formula is C16H13N3O4. The lowest BCUT2D eigenvalue weighted by Crippen LogP contribution is -2.30. The number of H-pyrrole nitrogens is 1. The Morgan fingerprint density at radius 1 is 1.26 bits per heavy atom. The van der Waals surface area contributed by atoms with E-state index in [0.29, 0.717) is 17.1 Å². The van der Waals surface area contributed by atoms with Crippen LogP contribution in [0.1, 0.15) is 5.56 Å². The van der Waals surface area contributed by atoms with E-state index in [1.807, 2.05) is 0 Å². The number of hydrogen-bond donors (Lipinski definition) is 2. The Morgan fingerprint density at radius 2 is 2.00 bits per heavy atom. The van der Waals surface area contributed by atoms with Crippen molar-refractivity contribution in [2.75, 3.05) is 7.11 Å². The Balaban J connectivity index is 2.19. The van der Waals surface area contributed by atoms with Crippen molar-refractivity contribution in [3.63, 3.8) is 0 Å². The highest BCUT2D eigenvalue weighted by Gasteiger charge is 2.14. The molecule has 7 heteroatoms. The highest BCUT2D eigenvalue weighted by Crippen LogP contribution is 2.21. The van der Waals surface area contributed by atoms with Crippen molar-refractivity contribution in [2.24, 2.45) is 4.99 Å². The molecule has 0 unspecified atom stereocenters. The van der Waals surface area contributed by atoms with E-state index in [-0.39, 0.29) is 5.56 Å². The van der Waals surface area contributed by atoms with Crippen molar-refractivity contribution in [3.05, 3.63) is 68.5 Å². The first-order valence-electron chi connectivity index (χ1n) is 6.75. The smallest absolute Gasteiger partial charge is 0.335 e. The van der Waals surface area contributed by atoms with Crippen molar-refractivity contribution < 1.29 is 9.84 Å². The fourth-order valence-electron chi connectivity index (χ4n) is 2.19. The number of aliphatic imine (C=N–C) groups is 1. The summed E-state index contributed by atoms with van der Waals surface area (Å²) >= 11 is 0. The number of allylic oxidation sites excluding steroid dienone is 2. The Kier molecular flexibility index (Phi) is 3.68. The quantitative estimate of drug-likeness (QED) is 0.890. The fourth-order valence-corrected chi connectivity index (χ4v) is 2.19. The van der Waals surface area contributed by atoms with Crippen molar-refractivity contribution in [1.29, 1.82) is 0 Å². The van der Waals surface area contributed by atoms with Gasteiger partial charge in [-0.15, -0.1) is 0 Å². The minimum absolute atomic E-state index is 0.0425. The van der Waals surface area contributed by atoms with Crippen LogP contribution in [0.15, 0.2) is 56.7 Å². The summed E-state index contributed by atoms with van der Waals surface area (Å²) in [7, 11) is 1.53. The molecule has 0 radical (unpaired) electrons. The minimum atomic E-state index is -0.731. The predicted octanol–water partition coefficient (Wildman–Crippen LogP) is 1.22. The van der Waals surface area contributed by atoms with Crippen LogP contribution in [0.25, 0.3) is 11.8 Å². The summed E-state index contributed by atoms with van der Waals surface area (Å²) < 4.78 is 6.07. The number of nitrogens with one attached hydrogen (secondary N) is 1. The van der Waals surface area contributed by atoms with Crippen LogP contribution in [0.4, 0.5) is 0 Å². The van der Waals surface area contributed by atoms with Crippen LogP contribution in [0.2, 0.25) is 0 Å². The summed E-state index contributed by atoms with van der Waals surface area (Å²) in [6.07, 6.45) is 6.36. The van der Waals surface area contributed by atoms with Gasteiger partial charge in [-0.05, 0) is 42.5 Å². The van der Waals surface area contributed by atoms with Gasteiger partial charge in [0.15, 0.2) is 0 Å². The predicted molar refractivity (Wildman–Crippen MR) is 86.5 cm³/mol. The van der Waals surface area contributed by atoms with Crippen molar-refractivity contribution in [3.8, 4) is 17.3 Å². The van der Waals surface area contributed by atoms with Gasteiger partial charge in [0.1, 0.15) is 11.3 Å². The van der Waals surface area contributed by atoms with Gasteiger partial charge in [0.05, 0.1) is 18.5 Å². The molecule has 2 aromatic rings. The fraction of sp³-hybridized carbons (Fsp3) is 0.0625. The van der Waals surface area contributed by atoms with Crippen LogP contribution in [0.5, 0.6) is 11.6 Å². The third kappa shape index (κ3) is 2.71. The zero-order valence-corrected chi connectivity index (χ0v) is 12.2. The van der Waals surface area contributed by atoms with Gasteiger partial charge in [-0.3, -0.25) is 14.8 Å². The molecule has 1 aromatic carbocycles. The SMILES string of the molecule is COc1ccc(-n2c(O)c(/C=C3/C=CC=N3)c(=O)[nH]c2=O)cc1. The lowest BCUT2D eigenvalue weighted by Gasteiger charge is -2.10. The molecule has 0 amide bonds. The maximum atomic E-state index is 12.1. The zero-order valence-electron chi connectivity index (χ0n) is 12.2. The molecule has 116 valence electrons. The topological polar surface area (TPSA) is 96.7 Å². The van der Waals surface area contributed by atoms with E-state index >= 15 is 0 Å². The van der Waals surface area contributed by atoms with E-state index in [4.69, 9.17) is 4.74 Å². The third-order valence-corrected chi connectivity index (χ3v) is 3.32. The van der Waals surface area contributed by atoms with Crippen LogP contribution in [-0.2, 0) is 0 Å². The summed E-state index contributed by atoms with van der Waals surface area (Å²) in [5.41, 5.74) is -0.551. The zero-order chi connectivity index (χ0) is 16.4. The van der Waals surface area contributed by atoms with Gasteiger partial charge in [0, 0.05) is 6.21 Å². The van der Waals surface area contributed by atoms with E-state index in [1.165, 1.54) is 13.2 Å². The second-order valence-electron chi connectivity index (χ2n) is 4.74. The molecule has 0 atom stereocenters. The second kappa shape index (κ2) is 5.80. The summed E-state index contributed by atoms with van der Waals surface area (Å²) in [6, 6.07) is 6.49. The number of nitrogens with zero attached hydrogens (tertiary/aromatic N) is 2. The summed E-state index contributed by atoms with van der Waals surface area (Å²) in [4.78, 5) is 30.2. The summed E-state index contributed by atoms with van der Waals surface area (Å²) in [6.45, 7) is 0. The molecule has 1 aromatic heterocycles. The van der Waals surface area contributed by atoms with Gasteiger partial charge < -0.3 is 9.84 Å². The normalized spacial score (nSPS) is 14.6. The van der Waals surface area contributed by atoms with Gasteiger partial charge in [0.25, 0.3) is 5.56 Å². The highest BCUT2D eigenvalue weighted by atomic mass is 16.5. The second-order valence-corrected chi connectivity index (χ2v) is 4.74. The minimum Gasteiger partial charge on any atom is -0.497 e. The average molecular weight is 311 g/mol. The molecule has 0 saturated carbocycles. The summed E-state index contributed by atoms with van der Waals surface area (Å²) in [5.74, 6) is 0.158. The Morgan fingerprint density at radius 3 is 2.61 bits per heavy atom. The number of aromatic amines is 1. The molecule has 2 heterocycles. The first kappa shape index (κ1) is 14.6. The van der Waals surface area contributed by atoms with Crippen LogP contribution >= 0.6 is 0 Å². The number of aromatic nitrogens is 2. The Labute approximate surface area is 130 Å². The van der Waals surface area contributed by atoms with E-state index in [9.17, 15) is 14.7 Å². The van der Waals surface area contributed by atoms with E-state index in [0.717, 1.165) is 4.57 Å². The highest BCUT2D eigenvalue weighted by molar-refractivity contribution is 5.79. The summed E-state index contributed by atoms with van der Waals surface area (Å²) in [5, 5.41) is 10.4. The van der Waals surface area contributed by atoms with Crippen molar-refractivity contribution in [2.45, 2.75) is 0 Å². The number of methoxy groups -OCH3 is 1. The lowest BCUT2D eigenvalue weighted by atomic mass is 10.2. The molecule has 0 saturated heterocycles. The number of rotatable bonds is 3. The Bertz CT molecular complexity index is 933. The molecule has 0 spiro atoms. The molecule has 0 fully saturated rings. The largest absolute Gasteiger partial charge is 0.497 e. The van der Waals surface area contributed by atoms with Crippen molar-refractivity contribution in [1.82, 2.24) is 9.55 Å². The number of hydrogen-bond acceptors (Lipinski definition) is 5. The third-order valence-electron chi connectivity index (χ3n) is 3.32. The number of benzene rings is 1. The first-order chi connectivity index (χ1) is 11.1. The maximum Gasteiger partial charge on any atom is 0.335 e. The van der Waals surface area contributed by atoms with Gasteiger partial charge >= 0.3 is 5.69 Å². The molecule has 0 aliphatic carbocycles. The van der Waals surface area contributed by atoms with E-state index in [2.05, 4.69) is 9.98 Å². The number of ether oxygens (including phenoxy) is 1. The van der Waals surface area contributed by atoms with Gasteiger partial charge in [-0.25, -0.2) is 9.36 Å². The molecule has 1 aliphatic rings. The Hall–Kier alpha value is -3.35. The molecule has 23 heavy (non-hydrogen) atoms. The van der Waals surface area contributed by atoms with E-state index in [1.54, 1.807) is 42.6 Å². The lowest BCUT2D eigenvalue weighted by molar-refractivity contribution is 0.414. The molecule has 3 rings (SSSR count). The van der Waals surface area contributed by atoms with Crippen LogP contribution in [0.3, 0.4) is 0 Å². The molecular weight excluding hydrogens is 298 g/mol. The van der Waals surface area contributed by atoms with Gasteiger partial charge in [0.2, 0.25) is 5.88 Å². The first-order valence-corrected chi connectivity index (χ1v) is 6.75. The van der Waals surface area contributed by atoms with Gasteiger partial charge in [-0.2, -0.15) is 0 Å². The van der Waals surface area contributed by atoms with E-state index < -0.39 is 17.1 Å². The molecule has 2 N–H and O–H groups in total. The van der Waals surface area contributed by atoms with Crippen molar-refractivity contribution >= 4 is 12.3 Å². The van der Waals surface area contributed by atoms with Crippen LogP contribution in [0, 0.1) is 0 Å². The number of aromatic hydroxyl groups is 1. The van der Waals surface area contributed by atoms with Crippen LogP contribution < -0.4 is 16.0 Å². The molecule has 7 nitrogen and oxygen atoms in total.